The number of ether oxygens (including phenoxy) is 1. The number of quaternary nitrogens is 2. The van der Waals surface area contributed by atoms with Gasteiger partial charge in [-0.3, -0.25) is 8.42 Å². The molecule has 12 nitrogen and oxygen atoms in total. The molecule has 0 spiro atoms. The number of carbonyl (C=O) groups is 1. The van der Waals surface area contributed by atoms with Crippen LogP contribution in [0.3, 0.4) is 0 Å². The Hall–Kier alpha value is -1.48. The zero-order valence-electron chi connectivity index (χ0n) is 10.0. The summed E-state index contributed by atoms with van der Waals surface area (Å²) in [5, 5.41) is 35.0. The second-order valence-corrected chi connectivity index (χ2v) is 3.53. The van der Waals surface area contributed by atoms with Gasteiger partial charge >= 0.3 is 5.97 Å². The van der Waals surface area contributed by atoms with Crippen LogP contribution in [0.4, 0.5) is 0 Å². The smallest absolute Gasteiger partial charge is 0.377 e. The topological polar surface area (TPSA) is 260 Å². The van der Waals surface area contributed by atoms with Crippen molar-refractivity contribution in [1.29, 1.82) is 0 Å². The van der Waals surface area contributed by atoms with Crippen LogP contribution in [0, 0.1) is 0 Å². The fourth-order valence-corrected chi connectivity index (χ4v) is 0.823. The first kappa shape index (κ1) is 22.7. The zero-order chi connectivity index (χ0) is 13.8. The van der Waals surface area contributed by atoms with Gasteiger partial charge in [-0.05, 0) is 0 Å². The predicted molar refractivity (Wildman–Crippen MR) is 57.7 cm³/mol. The van der Waals surface area contributed by atoms with Gasteiger partial charge in [-0.1, -0.05) is 0 Å². The normalized spacial score (nSPS) is 19.4. The first-order chi connectivity index (χ1) is 7.57. The maximum absolute atomic E-state index is 10.5. The maximum atomic E-state index is 10.5. The lowest BCUT2D eigenvalue weighted by Crippen LogP contribution is -2.31. The van der Waals surface area contributed by atoms with Gasteiger partial charge < -0.3 is 46.6 Å². The summed E-state index contributed by atoms with van der Waals surface area (Å²) in [5.41, 5.74) is 0. The van der Waals surface area contributed by atoms with Crippen molar-refractivity contribution in [3.63, 3.8) is 0 Å². The molecule has 0 fully saturated rings. The quantitative estimate of drug-likeness (QED) is 0.185. The maximum Gasteiger partial charge on any atom is 0.377 e. The lowest BCUT2D eigenvalue weighted by molar-refractivity contribution is -0.147. The standard InChI is InChI=1S/C6H8O6.2H3N.H2O4S/c7-1-2(8)5-3(9)4(10)6(11)12-5;;;1-5(2,3)4/h2,5,7-10H,1H2;2*1H3;(H2,1,2,3,4)/t2-,5+;;;/m0.../s1. The fraction of sp³-hybridized carbons (Fsp3) is 0.500. The van der Waals surface area contributed by atoms with Gasteiger partial charge in [0.15, 0.2) is 11.9 Å². The number of carbonyl (C=O) groups excluding carboxylic acids is 1. The molecule has 1 aliphatic rings. The lowest BCUT2D eigenvalue weighted by atomic mass is 10.2. The predicted octanol–water partition coefficient (Wildman–Crippen LogP) is -1.99. The van der Waals surface area contributed by atoms with Crippen molar-refractivity contribution in [2.24, 2.45) is 0 Å². The van der Waals surface area contributed by atoms with E-state index in [9.17, 15) is 4.79 Å². The van der Waals surface area contributed by atoms with Crippen molar-refractivity contribution in [2.45, 2.75) is 12.2 Å². The molecule has 0 saturated carbocycles. The molecule has 0 bridgehead atoms. The van der Waals surface area contributed by atoms with E-state index in [2.05, 4.69) is 4.74 Å². The summed E-state index contributed by atoms with van der Waals surface area (Å²) < 4.78 is 38.4. The van der Waals surface area contributed by atoms with Crippen molar-refractivity contribution in [3.05, 3.63) is 11.5 Å². The van der Waals surface area contributed by atoms with E-state index in [0.717, 1.165) is 0 Å². The number of hydrogen-bond acceptors (Lipinski definition) is 10. The Morgan fingerprint density at radius 1 is 1.26 bits per heavy atom. The summed E-state index contributed by atoms with van der Waals surface area (Å²) in [4.78, 5) is 10.5. The van der Waals surface area contributed by atoms with Gasteiger partial charge in [0.1, 0.15) is 6.10 Å². The van der Waals surface area contributed by atoms with E-state index in [0.29, 0.717) is 0 Å². The monoisotopic (exact) mass is 308 g/mol. The number of rotatable bonds is 2. The molecule has 0 aromatic rings. The van der Waals surface area contributed by atoms with E-state index in [1.54, 1.807) is 0 Å². The Bertz CT molecular complexity index is 410. The Balaban J connectivity index is -0.000000320. The Morgan fingerprint density at radius 2 is 1.63 bits per heavy atom. The van der Waals surface area contributed by atoms with Crippen molar-refractivity contribution in [1.82, 2.24) is 12.3 Å². The van der Waals surface area contributed by atoms with E-state index in [1.807, 2.05) is 0 Å². The minimum atomic E-state index is -5.17. The molecule has 0 unspecified atom stereocenters. The van der Waals surface area contributed by atoms with E-state index in [4.69, 9.17) is 37.9 Å². The fourth-order valence-electron chi connectivity index (χ4n) is 0.823. The third-order valence-corrected chi connectivity index (χ3v) is 1.48. The van der Waals surface area contributed by atoms with Crippen molar-refractivity contribution in [2.75, 3.05) is 6.61 Å². The number of aliphatic hydroxyl groups is 4. The molecule has 0 saturated heterocycles. The molecule has 13 heteroatoms. The van der Waals surface area contributed by atoms with Gasteiger partial charge in [0.05, 0.1) is 6.61 Å². The molecule has 0 aliphatic carbocycles. The second kappa shape index (κ2) is 8.59. The Morgan fingerprint density at radius 3 is 1.84 bits per heavy atom. The molecule has 1 heterocycles. The third kappa shape index (κ3) is 8.27. The van der Waals surface area contributed by atoms with E-state index >= 15 is 0 Å². The van der Waals surface area contributed by atoms with Gasteiger partial charge in [0, 0.05) is 10.4 Å². The molecular formula is C6H16N2O10S. The average molecular weight is 308 g/mol. The largest absolute Gasteiger partial charge is 0.759 e. The highest BCUT2D eigenvalue weighted by molar-refractivity contribution is 7.79. The molecule has 2 atom stereocenters. The number of hydrogen-bond donors (Lipinski definition) is 6. The lowest BCUT2D eigenvalue weighted by Gasteiger charge is -2.13. The number of esters is 1. The molecule has 19 heavy (non-hydrogen) atoms. The molecule has 0 aromatic heterocycles. The summed E-state index contributed by atoms with van der Waals surface area (Å²) in [6, 6.07) is 0. The van der Waals surface area contributed by atoms with Crippen LogP contribution in [0.2, 0.25) is 0 Å². The molecule has 1 rings (SSSR count). The Labute approximate surface area is 107 Å². The van der Waals surface area contributed by atoms with Crippen LogP contribution in [0.5, 0.6) is 0 Å². The van der Waals surface area contributed by atoms with Gasteiger partial charge in [-0.2, -0.15) is 0 Å². The second-order valence-electron chi connectivity index (χ2n) is 2.72. The highest BCUT2D eigenvalue weighted by Crippen LogP contribution is 2.20. The van der Waals surface area contributed by atoms with Crippen LogP contribution in [-0.2, 0) is 19.9 Å². The van der Waals surface area contributed by atoms with E-state index < -0.39 is 46.7 Å². The van der Waals surface area contributed by atoms with Gasteiger partial charge in [-0.25, -0.2) is 4.79 Å². The van der Waals surface area contributed by atoms with Crippen LogP contribution in [0.1, 0.15) is 0 Å². The first-order valence-electron chi connectivity index (χ1n) is 3.86. The summed E-state index contributed by atoms with van der Waals surface area (Å²) in [7, 11) is -5.17. The molecular weight excluding hydrogens is 292 g/mol. The highest BCUT2D eigenvalue weighted by Gasteiger charge is 2.38. The van der Waals surface area contributed by atoms with E-state index in [-0.39, 0.29) is 12.3 Å². The summed E-state index contributed by atoms with van der Waals surface area (Å²) in [6.07, 6.45) is -2.78. The van der Waals surface area contributed by atoms with Crippen LogP contribution in [0.25, 0.3) is 0 Å². The first-order valence-corrected chi connectivity index (χ1v) is 5.20. The van der Waals surface area contributed by atoms with E-state index in [1.165, 1.54) is 0 Å². The van der Waals surface area contributed by atoms with Crippen LogP contribution >= 0.6 is 0 Å². The SMILES string of the molecule is O=C1O[C@H]([C@@H](O)CO)C(O)=C1O.O=S(=O)([O-])[O-].[NH4+].[NH4+]. The van der Waals surface area contributed by atoms with Gasteiger partial charge in [-0.15, -0.1) is 0 Å². The summed E-state index contributed by atoms with van der Waals surface area (Å²) in [6.45, 7) is -0.671. The van der Waals surface area contributed by atoms with Crippen molar-refractivity contribution < 1.29 is 47.5 Å². The molecule has 116 valence electrons. The number of cyclic esters (lactones) is 1. The Kier molecular flexibility index (Phi) is 10.3. The molecule has 12 N–H and O–H groups in total. The highest BCUT2D eigenvalue weighted by atomic mass is 32.3. The van der Waals surface area contributed by atoms with Crippen molar-refractivity contribution >= 4 is 16.4 Å². The summed E-state index contributed by atoms with van der Waals surface area (Å²) >= 11 is 0. The number of aliphatic hydroxyl groups excluding tert-OH is 4. The van der Waals surface area contributed by atoms with Crippen LogP contribution in [-0.4, -0.2) is 62.7 Å². The van der Waals surface area contributed by atoms with Crippen LogP contribution < -0.4 is 12.3 Å². The molecule has 1 aliphatic heterocycles. The average Bonchev–Trinajstić information content (AvgIpc) is 2.42. The zero-order valence-corrected chi connectivity index (χ0v) is 10.8. The van der Waals surface area contributed by atoms with Crippen LogP contribution in [0.15, 0.2) is 11.5 Å². The van der Waals surface area contributed by atoms with Crippen molar-refractivity contribution in [3.8, 4) is 0 Å². The third-order valence-electron chi connectivity index (χ3n) is 1.48. The summed E-state index contributed by atoms with van der Waals surface area (Å²) in [5.74, 6) is -2.78. The van der Waals surface area contributed by atoms with Gasteiger partial charge in [0.25, 0.3) is 0 Å². The molecule has 0 radical (unpaired) electrons. The van der Waals surface area contributed by atoms with Gasteiger partial charge in [0.2, 0.25) is 5.76 Å². The molecule has 0 aromatic carbocycles. The minimum Gasteiger partial charge on any atom is -0.759 e. The molecule has 0 amide bonds. The minimum absolute atomic E-state index is 0.